The largest absolute Gasteiger partial charge is 0.481 e. The van der Waals surface area contributed by atoms with Crippen molar-refractivity contribution in [3.8, 4) is 17.1 Å². The standard InChI is InChI=1S/C12H9F3N2O/c1-18-11-4-2-3-9(17-11)8-5-6-10(16-7-8)12(13,14)15/h2-7H,1H3. The predicted molar refractivity (Wildman–Crippen MR) is 59.0 cm³/mol. The minimum atomic E-state index is -4.43. The van der Waals surface area contributed by atoms with Crippen molar-refractivity contribution >= 4 is 0 Å². The predicted octanol–water partition coefficient (Wildman–Crippen LogP) is 3.17. The Labute approximate surface area is 101 Å². The smallest absolute Gasteiger partial charge is 0.433 e. The summed E-state index contributed by atoms with van der Waals surface area (Å²) in [6, 6.07) is 7.29. The molecule has 0 aromatic carbocycles. The van der Waals surface area contributed by atoms with Gasteiger partial charge in [-0.3, -0.25) is 4.98 Å². The molecule has 0 radical (unpaired) electrons. The molecule has 0 unspecified atom stereocenters. The fraction of sp³-hybridized carbons (Fsp3) is 0.167. The van der Waals surface area contributed by atoms with E-state index >= 15 is 0 Å². The van der Waals surface area contributed by atoms with Crippen molar-refractivity contribution in [2.75, 3.05) is 7.11 Å². The van der Waals surface area contributed by atoms with Crippen molar-refractivity contribution in [3.63, 3.8) is 0 Å². The van der Waals surface area contributed by atoms with Crippen LogP contribution in [-0.2, 0) is 6.18 Å². The highest BCUT2D eigenvalue weighted by Gasteiger charge is 2.32. The highest BCUT2D eigenvalue weighted by atomic mass is 19.4. The number of rotatable bonds is 2. The van der Waals surface area contributed by atoms with Crippen LogP contribution in [0.15, 0.2) is 36.5 Å². The molecule has 0 N–H and O–H groups in total. The molecule has 0 aliphatic rings. The first-order valence-electron chi connectivity index (χ1n) is 5.05. The van der Waals surface area contributed by atoms with Crippen LogP contribution in [0.5, 0.6) is 5.88 Å². The number of alkyl halides is 3. The summed E-state index contributed by atoms with van der Waals surface area (Å²) in [6.07, 6.45) is -3.29. The van der Waals surface area contributed by atoms with Crippen LogP contribution in [0, 0.1) is 0 Å². The molecule has 18 heavy (non-hydrogen) atoms. The number of aromatic nitrogens is 2. The molecular formula is C12H9F3N2O. The van der Waals surface area contributed by atoms with E-state index in [-0.39, 0.29) is 0 Å². The molecule has 0 saturated carbocycles. The van der Waals surface area contributed by atoms with Gasteiger partial charge in [0, 0.05) is 17.8 Å². The van der Waals surface area contributed by atoms with E-state index in [0.717, 1.165) is 12.3 Å². The van der Waals surface area contributed by atoms with Gasteiger partial charge in [-0.2, -0.15) is 13.2 Å². The maximum Gasteiger partial charge on any atom is 0.433 e. The summed E-state index contributed by atoms with van der Waals surface area (Å²) in [6.45, 7) is 0. The highest BCUT2D eigenvalue weighted by molar-refractivity contribution is 5.58. The van der Waals surface area contributed by atoms with E-state index in [2.05, 4.69) is 9.97 Å². The Morgan fingerprint density at radius 3 is 2.44 bits per heavy atom. The summed E-state index contributed by atoms with van der Waals surface area (Å²) in [5.41, 5.74) is 0.0895. The average Bonchev–Trinajstić information content (AvgIpc) is 2.38. The van der Waals surface area contributed by atoms with Crippen molar-refractivity contribution in [1.29, 1.82) is 0 Å². The third-order valence-electron chi connectivity index (χ3n) is 2.28. The Morgan fingerprint density at radius 1 is 1.11 bits per heavy atom. The second kappa shape index (κ2) is 4.64. The fourth-order valence-corrected chi connectivity index (χ4v) is 1.40. The summed E-state index contributed by atoms with van der Waals surface area (Å²) in [7, 11) is 1.47. The molecule has 0 aliphatic carbocycles. The lowest BCUT2D eigenvalue weighted by Gasteiger charge is -2.07. The van der Waals surface area contributed by atoms with Crippen LogP contribution in [0.1, 0.15) is 5.69 Å². The van der Waals surface area contributed by atoms with Crippen LogP contribution in [0.25, 0.3) is 11.3 Å². The van der Waals surface area contributed by atoms with Crippen molar-refractivity contribution in [1.82, 2.24) is 9.97 Å². The van der Waals surface area contributed by atoms with Crippen molar-refractivity contribution in [2.24, 2.45) is 0 Å². The van der Waals surface area contributed by atoms with E-state index in [1.54, 1.807) is 18.2 Å². The molecule has 2 aromatic rings. The Morgan fingerprint density at radius 2 is 1.89 bits per heavy atom. The lowest BCUT2D eigenvalue weighted by molar-refractivity contribution is -0.141. The zero-order valence-electron chi connectivity index (χ0n) is 9.40. The normalized spacial score (nSPS) is 11.3. The molecular weight excluding hydrogens is 245 g/mol. The van der Waals surface area contributed by atoms with Crippen molar-refractivity contribution in [3.05, 3.63) is 42.2 Å². The Kier molecular flexibility index (Phi) is 3.18. The summed E-state index contributed by atoms with van der Waals surface area (Å²) >= 11 is 0. The maximum atomic E-state index is 12.3. The monoisotopic (exact) mass is 254 g/mol. The molecule has 2 rings (SSSR count). The summed E-state index contributed by atoms with van der Waals surface area (Å²) in [4.78, 5) is 7.49. The van der Waals surface area contributed by atoms with E-state index in [0.29, 0.717) is 17.1 Å². The fourth-order valence-electron chi connectivity index (χ4n) is 1.40. The second-order valence-corrected chi connectivity index (χ2v) is 3.50. The number of halogens is 3. The van der Waals surface area contributed by atoms with E-state index in [4.69, 9.17) is 4.74 Å². The number of methoxy groups -OCH3 is 1. The molecule has 0 fully saturated rings. The molecule has 2 heterocycles. The van der Waals surface area contributed by atoms with Gasteiger partial charge in [-0.25, -0.2) is 4.98 Å². The van der Waals surface area contributed by atoms with Gasteiger partial charge in [-0.1, -0.05) is 6.07 Å². The Hall–Kier alpha value is -2.11. The molecule has 2 aromatic heterocycles. The van der Waals surface area contributed by atoms with Crippen molar-refractivity contribution < 1.29 is 17.9 Å². The van der Waals surface area contributed by atoms with Crippen LogP contribution in [0.4, 0.5) is 13.2 Å². The zero-order chi connectivity index (χ0) is 13.2. The molecule has 3 nitrogen and oxygen atoms in total. The molecule has 0 aliphatic heterocycles. The first-order valence-corrected chi connectivity index (χ1v) is 5.05. The molecule has 0 bridgehead atoms. The van der Waals surface area contributed by atoms with Gasteiger partial charge in [0.15, 0.2) is 0 Å². The van der Waals surface area contributed by atoms with E-state index in [9.17, 15) is 13.2 Å². The van der Waals surface area contributed by atoms with Crippen LogP contribution in [0.2, 0.25) is 0 Å². The van der Waals surface area contributed by atoms with E-state index < -0.39 is 11.9 Å². The number of hydrogen-bond acceptors (Lipinski definition) is 3. The van der Waals surface area contributed by atoms with Gasteiger partial charge in [-0.15, -0.1) is 0 Å². The van der Waals surface area contributed by atoms with Gasteiger partial charge >= 0.3 is 6.18 Å². The van der Waals surface area contributed by atoms with Gasteiger partial charge in [0.2, 0.25) is 5.88 Å². The summed E-state index contributed by atoms with van der Waals surface area (Å²) in [5, 5.41) is 0. The van der Waals surface area contributed by atoms with Crippen LogP contribution in [0.3, 0.4) is 0 Å². The van der Waals surface area contributed by atoms with Gasteiger partial charge in [0.1, 0.15) is 5.69 Å². The van der Waals surface area contributed by atoms with Gasteiger partial charge in [0.05, 0.1) is 12.8 Å². The van der Waals surface area contributed by atoms with Gasteiger partial charge in [-0.05, 0) is 18.2 Å². The first-order chi connectivity index (χ1) is 8.50. The Balaban J connectivity index is 2.34. The lowest BCUT2D eigenvalue weighted by Crippen LogP contribution is -2.07. The van der Waals surface area contributed by atoms with E-state index in [1.807, 2.05) is 0 Å². The minimum Gasteiger partial charge on any atom is -0.481 e. The van der Waals surface area contributed by atoms with Crippen LogP contribution < -0.4 is 4.74 Å². The molecule has 0 saturated heterocycles. The number of hydrogen-bond donors (Lipinski definition) is 0. The number of pyridine rings is 2. The third kappa shape index (κ3) is 2.58. The van der Waals surface area contributed by atoms with Gasteiger partial charge in [0.25, 0.3) is 0 Å². The van der Waals surface area contributed by atoms with Crippen LogP contribution in [-0.4, -0.2) is 17.1 Å². The highest BCUT2D eigenvalue weighted by Crippen LogP contribution is 2.28. The van der Waals surface area contributed by atoms with Crippen molar-refractivity contribution in [2.45, 2.75) is 6.18 Å². The third-order valence-corrected chi connectivity index (χ3v) is 2.28. The second-order valence-electron chi connectivity index (χ2n) is 3.50. The van der Waals surface area contributed by atoms with Crippen LogP contribution >= 0.6 is 0 Å². The Bertz CT molecular complexity index is 538. The zero-order valence-corrected chi connectivity index (χ0v) is 9.40. The molecule has 94 valence electrons. The quantitative estimate of drug-likeness (QED) is 0.825. The minimum absolute atomic E-state index is 0.396. The molecule has 0 amide bonds. The molecule has 0 atom stereocenters. The number of nitrogens with zero attached hydrogens (tertiary/aromatic N) is 2. The summed E-state index contributed by atoms with van der Waals surface area (Å²) in [5.74, 6) is 0.396. The molecule has 0 spiro atoms. The molecule has 6 heteroatoms. The lowest BCUT2D eigenvalue weighted by atomic mass is 10.2. The first kappa shape index (κ1) is 12.3. The number of ether oxygens (including phenoxy) is 1. The van der Waals surface area contributed by atoms with E-state index in [1.165, 1.54) is 13.2 Å². The topological polar surface area (TPSA) is 35.0 Å². The SMILES string of the molecule is COc1cccc(-c2ccc(C(F)(F)F)nc2)n1. The maximum absolute atomic E-state index is 12.3. The average molecular weight is 254 g/mol. The summed E-state index contributed by atoms with van der Waals surface area (Å²) < 4.78 is 42.0. The van der Waals surface area contributed by atoms with Gasteiger partial charge < -0.3 is 4.74 Å².